The van der Waals surface area contributed by atoms with E-state index in [1.54, 1.807) is 11.3 Å². The van der Waals surface area contributed by atoms with Gasteiger partial charge in [0.05, 0.1) is 5.92 Å². The molecule has 0 N–H and O–H groups in total. The molecule has 0 bridgehead atoms. The van der Waals surface area contributed by atoms with Crippen molar-refractivity contribution in [2.45, 2.75) is 43.1 Å². The van der Waals surface area contributed by atoms with E-state index in [0.717, 1.165) is 12.8 Å². The SMILES string of the molecule is FC(F)(F)C1CCCC(C(Br)Cc2ccsc2)C1. The minimum absolute atomic E-state index is 0.144. The smallest absolute Gasteiger partial charge is 0.171 e. The Bertz CT molecular complexity index is 361. The third kappa shape index (κ3) is 3.73. The molecule has 1 saturated carbocycles. The Kier molecular flexibility index (Phi) is 4.75. The van der Waals surface area contributed by atoms with E-state index < -0.39 is 12.1 Å². The molecule has 1 aliphatic carbocycles. The molecule has 1 aliphatic rings. The maximum atomic E-state index is 12.7. The Morgan fingerprint density at radius 3 is 2.78 bits per heavy atom. The number of thiophene rings is 1. The van der Waals surface area contributed by atoms with Crippen LogP contribution in [0.3, 0.4) is 0 Å². The highest BCUT2D eigenvalue weighted by Gasteiger charge is 2.43. The van der Waals surface area contributed by atoms with Crippen molar-refractivity contribution in [3.63, 3.8) is 0 Å². The molecule has 1 heterocycles. The van der Waals surface area contributed by atoms with Gasteiger partial charge in [0.1, 0.15) is 0 Å². The van der Waals surface area contributed by atoms with Gasteiger partial charge in [-0.25, -0.2) is 0 Å². The van der Waals surface area contributed by atoms with Gasteiger partial charge in [-0.1, -0.05) is 22.4 Å². The molecule has 0 aliphatic heterocycles. The van der Waals surface area contributed by atoms with Crippen LogP contribution >= 0.6 is 27.3 Å². The van der Waals surface area contributed by atoms with Gasteiger partial charge >= 0.3 is 6.18 Å². The van der Waals surface area contributed by atoms with Gasteiger partial charge < -0.3 is 0 Å². The molecule has 0 nitrogen and oxygen atoms in total. The number of halogens is 4. The number of hydrogen-bond acceptors (Lipinski definition) is 1. The van der Waals surface area contributed by atoms with Crippen LogP contribution in [0.5, 0.6) is 0 Å². The van der Waals surface area contributed by atoms with E-state index >= 15 is 0 Å². The zero-order valence-electron chi connectivity index (χ0n) is 9.92. The zero-order valence-corrected chi connectivity index (χ0v) is 12.3. The summed E-state index contributed by atoms with van der Waals surface area (Å²) in [4.78, 5) is 0.164. The summed E-state index contributed by atoms with van der Waals surface area (Å²) in [6.45, 7) is 0. The summed E-state index contributed by atoms with van der Waals surface area (Å²) in [6, 6.07) is 2.04. The molecule has 5 heteroatoms. The minimum atomic E-state index is -4.02. The maximum absolute atomic E-state index is 12.7. The Morgan fingerprint density at radius 2 is 2.17 bits per heavy atom. The van der Waals surface area contributed by atoms with Gasteiger partial charge in [0, 0.05) is 4.83 Å². The van der Waals surface area contributed by atoms with E-state index in [1.807, 2.05) is 11.4 Å². The maximum Gasteiger partial charge on any atom is 0.391 e. The summed E-state index contributed by atoms with van der Waals surface area (Å²) in [6.07, 6.45) is -0.999. The van der Waals surface area contributed by atoms with Gasteiger partial charge in [-0.3, -0.25) is 0 Å². The molecule has 0 aromatic carbocycles. The Labute approximate surface area is 118 Å². The lowest BCUT2D eigenvalue weighted by molar-refractivity contribution is -0.185. The Hall–Kier alpha value is -0.0300. The topological polar surface area (TPSA) is 0 Å². The first-order chi connectivity index (χ1) is 8.47. The fourth-order valence-corrected chi connectivity index (χ4v) is 4.19. The molecule has 1 fully saturated rings. The average molecular weight is 341 g/mol. The van der Waals surface area contributed by atoms with Crippen molar-refractivity contribution in [2.24, 2.45) is 11.8 Å². The van der Waals surface area contributed by atoms with Crippen LogP contribution in [0.25, 0.3) is 0 Å². The molecule has 0 saturated heterocycles. The van der Waals surface area contributed by atoms with Crippen LogP contribution in [0.1, 0.15) is 31.2 Å². The normalized spacial score (nSPS) is 27.1. The van der Waals surface area contributed by atoms with Crippen molar-refractivity contribution in [2.75, 3.05) is 0 Å². The number of alkyl halides is 4. The second-order valence-corrected chi connectivity index (χ2v) is 6.97. The molecule has 0 amide bonds. The van der Waals surface area contributed by atoms with E-state index in [-0.39, 0.29) is 17.2 Å². The van der Waals surface area contributed by atoms with E-state index in [2.05, 4.69) is 21.3 Å². The van der Waals surface area contributed by atoms with Crippen LogP contribution in [0.2, 0.25) is 0 Å². The van der Waals surface area contributed by atoms with Crippen molar-refractivity contribution >= 4 is 27.3 Å². The molecule has 102 valence electrons. The van der Waals surface area contributed by atoms with E-state index in [0.29, 0.717) is 12.8 Å². The highest BCUT2D eigenvalue weighted by atomic mass is 79.9. The van der Waals surface area contributed by atoms with Gasteiger partial charge in [-0.15, -0.1) is 0 Å². The summed E-state index contributed by atoms with van der Waals surface area (Å²) >= 11 is 5.22. The van der Waals surface area contributed by atoms with Gasteiger partial charge in [0.2, 0.25) is 0 Å². The average Bonchev–Trinajstić information content (AvgIpc) is 2.81. The van der Waals surface area contributed by atoms with Crippen LogP contribution in [0, 0.1) is 11.8 Å². The molecule has 2 rings (SSSR count). The lowest BCUT2D eigenvalue weighted by atomic mass is 9.78. The minimum Gasteiger partial charge on any atom is -0.171 e. The largest absolute Gasteiger partial charge is 0.391 e. The molecule has 0 radical (unpaired) electrons. The standard InChI is InChI=1S/C13H16BrF3S/c14-12(6-9-4-5-18-8-9)10-2-1-3-11(7-10)13(15,16)17/h4-5,8,10-12H,1-3,6-7H2. The molecule has 0 spiro atoms. The fourth-order valence-electron chi connectivity index (χ4n) is 2.65. The summed E-state index contributed by atoms with van der Waals surface area (Å²) in [5.41, 5.74) is 1.22. The highest BCUT2D eigenvalue weighted by molar-refractivity contribution is 9.09. The Morgan fingerprint density at radius 1 is 1.39 bits per heavy atom. The second kappa shape index (κ2) is 5.95. The predicted octanol–water partition coefficient (Wildman–Crippen LogP) is 5.42. The number of rotatable bonds is 3. The zero-order chi connectivity index (χ0) is 13.2. The highest BCUT2D eigenvalue weighted by Crippen LogP contribution is 2.42. The third-order valence-electron chi connectivity index (χ3n) is 3.70. The molecular weight excluding hydrogens is 325 g/mol. The first kappa shape index (κ1) is 14.4. The quantitative estimate of drug-likeness (QED) is 0.644. The van der Waals surface area contributed by atoms with Gasteiger partial charge in [-0.2, -0.15) is 24.5 Å². The van der Waals surface area contributed by atoms with Crippen LogP contribution in [-0.4, -0.2) is 11.0 Å². The van der Waals surface area contributed by atoms with Crippen molar-refractivity contribution in [1.29, 1.82) is 0 Å². The first-order valence-corrected chi connectivity index (χ1v) is 8.04. The lowest BCUT2D eigenvalue weighted by Gasteiger charge is -2.33. The summed E-state index contributed by atoms with van der Waals surface area (Å²) in [5.74, 6) is -0.955. The van der Waals surface area contributed by atoms with E-state index in [9.17, 15) is 13.2 Å². The van der Waals surface area contributed by atoms with Crippen LogP contribution in [0.4, 0.5) is 13.2 Å². The van der Waals surface area contributed by atoms with E-state index in [4.69, 9.17) is 0 Å². The molecule has 18 heavy (non-hydrogen) atoms. The van der Waals surface area contributed by atoms with Crippen LogP contribution in [0.15, 0.2) is 16.8 Å². The van der Waals surface area contributed by atoms with E-state index in [1.165, 1.54) is 5.56 Å². The number of hydrogen-bond donors (Lipinski definition) is 0. The fraction of sp³-hybridized carbons (Fsp3) is 0.692. The van der Waals surface area contributed by atoms with Crippen LogP contribution < -0.4 is 0 Å². The van der Waals surface area contributed by atoms with Crippen molar-refractivity contribution in [1.82, 2.24) is 0 Å². The molecule has 3 atom stereocenters. The summed E-state index contributed by atoms with van der Waals surface area (Å²) < 4.78 is 38.2. The van der Waals surface area contributed by atoms with Crippen molar-refractivity contribution in [3.8, 4) is 0 Å². The van der Waals surface area contributed by atoms with Gasteiger partial charge in [0.15, 0.2) is 0 Å². The summed E-state index contributed by atoms with van der Waals surface area (Å²) in [7, 11) is 0. The predicted molar refractivity (Wildman–Crippen MR) is 72.2 cm³/mol. The lowest BCUT2D eigenvalue weighted by Crippen LogP contribution is -2.32. The second-order valence-electron chi connectivity index (χ2n) is 5.02. The third-order valence-corrected chi connectivity index (χ3v) is 5.50. The van der Waals surface area contributed by atoms with Crippen LogP contribution in [-0.2, 0) is 6.42 Å². The molecule has 1 aromatic heterocycles. The summed E-state index contributed by atoms with van der Waals surface area (Å²) in [5, 5.41) is 4.08. The van der Waals surface area contributed by atoms with Crippen molar-refractivity contribution in [3.05, 3.63) is 22.4 Å². The Balaban J connectivity index is 1.92. The molecule has 3 unspecified atom stereocenters. The monoisotopic (exact) mass is 340 g/mol. The van der Waals surface area contributed by atoms with Crippen molar-refractivity contribution < 1.29 is 13.2 Å². The first-order valence-electron chi connectivity index (χ1n) is 6.18. The van der Waals surface area contributed by atoms with Gasteiger partial charge in [-0.05, 0) is 54.0 Å². The molecule has 1 aromatic rings. The van der Waals surface area contributed by atoms with Gasteiger partial charge in [0.25, 0.3) is 0 Å². The molecular formula is C13H16BrF3S.